The van der Waals surface area contributed by atoms with E-state index in [2.05, 4.69) is 10.6 Å². The Bertz CT molecular complexity index is 706. The average Bonchev–Trinajstić information content (AvgIpc) is 2.71. The Morgan fingerprint density at radius 1 is 0.875 bits per heavy atom. The number of hydrogen-bond donors (Lipinski definition) is 8. The Morgan fingerprint density at radius 2 is 1.41 bits per heavy atom. The number of carbonyl (C=O) groups is 6. The van der Waals surface area contributed by atoms with Crippen molar-refractivity contribution in [2.24, 2.45) is 11.5 Å². The smallest absolute Gasteiger partial charge is 0.328 e. The molecule has 4 atom stereocenters. The van der Waals surface area contributed by atoms with E-state index in [-0.39, 0.29) is 19.3 Å². The third-order valence-electron chi connectivity index (χ3n) is 4.09. The normalized spacial score (nSPS) is 14.3. The minimum atomic E-state index is -1.70. The van der Waals surface area contributed by atoms with Gasteiger partial charge in [0.05, 0.1) is 19.1 Å². The van der Waals surface area contributed by atoms with E-state index < -0.39 is 72.8 Å². The van der Waals surface area contributed by atoms with Crippen LogP contribution < -0.4 is 27.4 Å². The first-order valence-corrected chi connectivity index (χ1v) is 10.8. The van der Waals surface area contributed by atoms with Gasteiger partial charge >= 0.3 is 11.9 Å². The predicted octanol–water partition coefficient (Wildman–Crippen LogP) is -3.66. The van der Waals surface area contributed by atoms with E-state index in [0.29, 0.717) is 5.75 Å². The maximum absolute atomic E-state index is 12.7. The van der Waals surface area contributed by atoms with Crippen LogP contribution in [0.4, 0.5) is 0 Å². The van der Waals surface area contributed by atoms with E-state index in [1.54, 1.807) is 6.26 Å². The number of nitrogens with one attached hydrogen (secondary N) is 3. The highest BCUT2D eigenvalue weighted by Crippen LogP contribution is 2.05. The molecular formula is C17H29N5O9S. The van der Waals surface area contributed by atoms with Gasteiger partial charge in [0.1, 0.15) is 18.1 Å². The monoisotopic (exact) mass is 479 g/mol. The highest BCUT2D eigenvalue weighted by atomic mass is 32.2. The number of hydrogen-bond acceptors (Lipinski definition) is 9. The van der Waals surface area contributed by atoms with Crippen LogP contribution in [0.25, 0.3) is 0 Å². The summed E-state index contributed by atoms with van der Waals surface area (Å²) in [7, 11) is 0. The number of amides is 4. The highest BCUT2D eigenvalue weighted by Gasteiger charge is 2.31. The average molecular weight is 480 g/mol. The zero-order valence-electron chi connectivity index (χ0n) is 17.4. The van der Waals surface area contributed by atoms with Crippen LogP contribution in [0.2, 0.25) is 0 Å². The van der Waals surface area contributed by atoms with E-state index in [4.69, 9.17) is 26.8 Å². The summed E-state index contributed by atoms with van der Waals surface area (Å²) >= 11 is 1.36. The fourth-order valence-electron chi connectivity index (χ4n) is 2.33. The molecule has 32 heavy (non-hydrogen) atoms. The van der Waals surface area contributed by atoms with Crippen LogP contribution in [0.3, 0.4) is 0 Å². The van der Waals surface area contributed by atoms with Gasteiger partial charge in [0.25, 0.3) is 0 Å². The van der Waals surface area contributed by atoms with E-state index in [0.717, 1.165) is 0 Å². The number of carboxylic acid groups (broad SMARTS) is 2. The summed E-state index contributed by atoms with van der Waals surface area (Å²) in [5, 5.41) is 33.4. The molecule has 14 nitrogen and oxygen atoms in total. The third kappa shape index (κ3) is 11.5. The number of primary amides is 1. The number of rotatable bonds is 16. The molecule has 0 heterocycles. The number of aliphatic hydroxyl groups excluding tert-OH is 1. The number of aliphatic hydroxyl groups is 1. The van der Waals surface area contributed by atoms with Crippen molar-refractivity contribution in [3.05, 3.63) is 0 Å². The SMILES string of the molecule is CSCCC(NC(=O)C(N)CCC(N)=O)C(=O)NC(CC(=O)O)C(=O)NC(CO)C(=O)O. The highest BCUT2D eigenvalue weighted by molar-refractivity contribution is 7.98. The van der Waals surface area contributed by atoms with Crippen molar-refractivity contribution in [2.45, 2.75) is 49.9 Å². The molecule has 0 rings (SSSR count). The molecule has 0 saturated heterocycles. The van der Waals surface area contributed by atoms with Gasteiger partial charge in [-0.2, -0.15) is 11.8 Å². The lowest BCUT2D eigenvalue weighted by molar-refractivity contribution is -0.144. The van der Waals surface area contributed by atoms with E-state index in [9.17, 15) is 28.8 Å². The molecule has 0 aliphatic heterocycles. The summed E-state index contributed by atoms with van der Waals surface area (Å²) in [4.78, 5) is 70.1. The molecule has 0 aromatic carbocycles. The van der Waals surface area contributed by atoms with Crippen LogP contribution in [0.15, 0.2) is 0 Å². The summed E-state index contributed by atoms with van der Waals surface area (Å²) in [5.74, 6) is -6.05. The number of thioether (sulfide) groups is 1. The topological polar surface area (TPSA) is 251 Å². The quantitative estimate of drug-likeness (QED) is 0.107. The number of carboxylic acids is 2. The number of carbonyl (C=O) groups excluding carboxylic acids is 4. The lowest BCUT2D eigenvalue weighted by Crippen LogP contribution is -2.58. The van der Waals surface area contributed by atoms with E-state index >= 15 is 0 Å². The van der Waals surface area contributed by atoms with Crippen molar-refractivity contribution < 1.29 is 44.1 Å². The molecular weight excluding hydrogens is 450 g/mol. The third-order valence-corrected chi connectivity index (χ3v) is 4.73. The molecule has 0 bridgehead atoms. The minimum absolute atomic E-state index is 0.0557. The summed E-state index contributed by atoms with van der Waals surface area (Å²) < 4.78 is 0. The van der Waals surface area contributed by atoms with Crippen LogP contribution in [0.5, 0.6) is 0 Å². The lowest BCUT2D eigenvalue weighted by atomic mass is 10.1. The Labute approximate surface area is 187 Å². The summed E-state index contributed by atoms with van der Waals surface area (Å²) in [6.07, 6.45) is 0.775. The Balaban J connectivity index is 5.36. The summed E-state index contributed by atoms with van der Waals surface area (Å²) in [6, 6.07) is -5.70. The molecule has 0 spiro atoms. The van der Waals surface area contributed by atoms with Crippen LogP contribution >= 0.6 is 11.8 Å². The Kier molecular flexibility index (Phi) is 13.6. The molecule has 0 radical (unpaired) electrons. The zero-order valence-corrected chi connectivity index (χ0v) is 18.2. The second kappa shape index (κ2) is 15.0. The van der Waals surface area contributed by atoms with Gasteiger partial charge in [-0.05, 0) is 24.9 Å². The predicted molar refractivity (Wildman–Crippen MR) is 112 cm³/mol. The molecule has 0 saturated carbocycles. The molecule has 4 unspecified atom stereocenters. The van der Waals surface area contributed by atoms with Crippen LogP contribution in [0, 0.1) is 0 Å². The van der Waals surface area contributed by atoms with Gasteiger partial charge in [-0.25, -0.2) is 4.79 Å². The van der Waals surface area contributed by atoms with Gasteiger partial charge in [0, 0.05) is 6.42 Å². The van der Waals surface area contributed by atoms with Crippen LogP contribution in [-0.2, 0) is 28.8 Å². The molecule has 4 amide bonds. The van der Waals surface area contributed by atoms with Crippen molar-refractivity contribution in [2.75, 3.05) is 18.6 Å². The fraction of sp³-hybridized carbons (Fsp3) is 0.647. The first kappa shape index (κ1) is 29.1. The van der Waals surface area contributed by atoms with Gasteiger partial charge < -0.3 is 42.7 Å². The van der Waals surface area contributed by atoms with Crippen molar-refractivity contribution in [1.82, 2.24) is 16.0 Å². The van der Waals surface area contributed by atoms with E-state index in [1.165, 1.54) is 11.8 Å². The Morgan fingerprint density at radius 3 is 1.88 bits per heavy atom. The van der Waals surface area contributed by atoms with Crippen molar-refractivity contribution >= 4 is 47.3 Å². The molecule has 0 fully saturated rings. The molecule has 0 aliphatic carbocycles. The molecule has 182 valence electrons. The first-order chi connectivity index (χ1) is 14.9. The second-order valence-corrected chi connectivity index (χ2v) is 7.68. The van der Waals surface area contributed by atoms with Crippen LogP contribution in [0.1, 0.15) is 25.7 Å². The van der Waals surface area contributed by atoms with Crippen molar-refractivity contribution in [3.63, 3.8) is 0 Å². The molecule has 10 N–H and O–H groups in total. The lowest BCUT2D eigenvalue weighted by Gasteiger charge is -2.24. The summed E-state index contributed by atoms with van der Waals surface area (Å²) in [5.41, 5.74) is 10.7. The van der Waals surface area contributed by atoms with E-state index in [1.807, 2.05) is 5.32 Å². The van der Waals surface area contributed by atoms with Crippen molar-refractivity contribution in [1.29, 1.82) is 0 Å². The molecule has 0 aliphatic rings. The van der Waals surface area contributed by atoms with Gasteiger partial charge in [-0.15, -0.1) is 0 Å². The molecule has 0 aromatic rings. The number of nitrogens with two attached hydrogens (primary N) is 2. The zero-order chi connectivity index (χ0) is 24.8. The van der Waals surface area contributed by atoms with Crippen LogP contribution in [-0.4, -0.2) is 93.7 Å². The van der Waals surface area contributed by atoms with Gasteiger partial charge in [0.15, 0.2) is 0 Å². The molecule has 15 heteroatoms. The largest absolute Gasteiger partial charge is 0.481 e. The number of aliphatic carboxylic acids is 2. The summed E-state index contributed by atoms with van der Waals surface area (Å²) in [6.45, 7) is -0.954. The van der Waals surface area contributed by atoms with Crippen molar-refractivity contribution in [3.8, 4) is 0 Å². The standard InChI is InChI=1S/C17H29N5O9S/c1-32-5-4-9(20-14(27)8(18)2-3-12(19)24)15(28)21-10(6-13(25)26)16(29)22-11(7-23)17(30)31/h8-11,23H,2-7,18H2,1H3,(H2,19,24)(H,20,27)(H,21,28)(H,22,29)(H,25,26)(H,30,31). The second-order valence-electron chi connectivity index (χ2n) is 6.70. The minimum Gasteiger partial charge on any atom is -0.481 e. The Hall–Kier alpha value is -2.91. The van der Waals surface area contributed by atoms with Gasteiger partial charge in [-0.3, -0.25) is 24.0 Å². The fourth-order valence-corrected chi connectivity index (χ4v) is 2.80. The van der Waals surface area contributed by atoms with Gasteiger partial charge in [-0.1, -0.05) is 0 Å². The first-order valence-electron chi connectivity index (χ1n) is 9.42. The maximum atomic E-state index is 12.7. The van der Waals surface area contributed by atoms with Gasteiger partial charge in [0.2, 0.25) is 23.6 Å². The maximum Gasteiger partial charge on any atom is 0.328 e. The molecule has 0 aromatic heterocycles.